The van der Waals surface area contributed by atoms with Crippen molar-refractivity contribution in [3.05, 3.63) is 0 Å². The van der Waals surface area contributed by atoms with E-state index in [2.05, 4.69) is 4.74 Å². The molecule has 8 heavy (non-hydrogen) atoms. The molecule has 50 valence electrons. The summed E-state index contributed by atoms with van der Waals surface area (Å²) in [4.78, 5) is 9.76. The van der Waals surface area contributed by atoms with Crippen molar-refractivity contribution in [3.8, 4) is 0 Å². The number of hydrogen-bond donors (Lipinski definition) is 1. The van der Waals surface area contributed by atoms with Crippen molar-refractivity contribution < 1.29 is 9.53 Å². The van der Waals surface area contributed by atoms with Crippen LogP contribution in [0.15, 0.2) is 0 Å². The zero-order valence-corrected chi connectivity index (χ0v) is 5.48. The molecule has 0 aromatic carbocycles. The second-order valence-corrected chi connectivity index (χ2v) is 1.15. The van der Waals surface area contributed by atoms with Gasteiger partial charge in [0.05, 0.1) is 0 Å². The van der Waals surface area contributed by atoms with E-state index in [1.165, 1.54) is 7.11 Å². The second-order valence-electron chi connectivity index (χ2n) is 1.15. The molecule has 0 aliphatic carbocycles. The Balaban J connectivity index is 0. The van der Waals surface area contributed by atoms with Crippen LogP contribution < -0.4 is 5.73 Å². The normalized spacial score (nSPS) is 11.8. The number of carbonyl (C=O) groups excluding carboxylic acids is 1. The fourth-order valence-electron chi connectivity index (χ4n) is 0.207. The molecule has 0 radical (unpaired) electrons. The predicted octanol–water partition coefficient (Wildman–Crippen LogP) is -0.419. The molecule has 0 bridgehead atoms. The SMILES string of the molecule is CO[C@H](C=O)CN.Cl. The van der Waals surface area contributed by atoms with Crippen molar-refractivity contribution in [2.24, 2.45) is 5.73 Å². The molecule has 0 spiro atoms. The van der Waals surface area contributed by atoms with Gasteiger partial charge >= 0.3 is 0 Å². The van der Waals surface area contributed by atoms with Gasteiger partial charge < -0.3 is 15.3 Å². The topological polar surface area (TPSA) is 52.3 Å². The van der Waals surface area contributed by atoms with Gasteiger partial charge in [-0.05, 0) is 0 Å². The van der Waals surface area contributed by atoms with Gasteiger partial charge in [-0.25, -0.2) is 0 Å². The fraction of sp³-hybridized carbons (Fsp3) is 0.750. The lowest BCUT2D eigenvalue weighted by atomic mass is 10.4. The maximum absolute atomic E-state index is 9.76. The predicted molar refractivity (Wildman–Crippen MR) is 33.2 cm³/mol. The second kappa shape index (κ2) is 6.88. The summed E-state index contributed by atoms with van der Waals surface area (Å²) in [7, 11) is 1.45. The van der Waals surface area contributed by atoms with Crippen molar-refractivity contribution in [3.63, 3.8) is 0 Å². The quantitative estimate of drug-likeness (QED) is 0.541. The minimum Gasteiger partial charge on any atom is -0.373 e. The van der Waals surface area contributed by atoms with Crippen LogP contribution >= 0.6 is 12.4 Å². The molecule has 2 N–H and O–H groups in total. The van der Waals surface area contributed by atoms with Gasteiger partial charge in [0.15, 0.2) is 0 Å². The molecule has 0 saturated heterocycles. The highest BCUT2D eigenvalue weighted by Gasteiger charge is 1.97. The summed E-state index contributed by atoms with van der Waals surface area (Å²) < 4.78 is 4.56. The number of aldehydes is 1. The monoisotopic (exact) mass is 139 g/mol. The number of ether oxygens (including phenoxy) is 1. The van der Waals surface area contributed by atoms with Crippen LogP contribution in [0.2, 0.25) is 0 Å². The Bertz CT molecular complexity index is 56.0. The molecule has 0 amide bonds. The average Bonchev–Trinajstić information content (AvgIpc) is 1.72. The van der Waals surface area contributed by atoms with Gasteiger partial charge in [0, 0.05) is 13.7 Å². The van der Waals surface area contributed by atoms with Crippen molar-refractivity contribution in [2.75, 3.05) is 13.7 Å². The van der Waals surface area contributed by atoms with Gasteiger partial charge in [0.25, 0.3) is 0 Å². The van der Waals surface area contributed by atoms with Crippen molar-refractivity contribution in [2.45, 2.75) is 6.10 Å². The number of rotatable bonds is 3. The summed E-state index contributed by atoms with van der Waals surface area (Å²) in [5, 5.41) is 0. The van der Waals surface area contributed by atoms with E-state index in [9.17, 15) is 4.79 Å². The van der Waals surface area contributed by atoms with E-state index in [0.29, 0.717) is 6.29 Å². The zero-order chi connectivity index (χ0) is 5.70. The first kappa shape index (κ1) is 10.8. The van der Waals surface area contributed by atoms with Gasteiger partial charge in [-0.15, -0.1) is 12.4 Å². The van der Waals surface area contributed by atoms with Gasteiger partial charge in [-0.2, -0.15) is 0 Å². The fourth-order valence-corrected chi connectivity index (χ4v) is 0.207. The number of hydrogen-bond acceptors (Lipinski definition) is 3. The standard InChI is InChI=1S/C4H9NO2.ClH/c1-7-4(2-5)3-6;/h3-4H,2,5H2,1H3;1H/t4-;/m0./s1. The average molecular weight is 140 g/mol. The molecule has 3 nitrogen and oxygen atoms in total. The summed E-state index contributed by atoms with van der Waals surface area (Å²) in [6.45, 7) is 0.264. The molecular formula is C4H10ClNO2. The van der Waals surface area contributed by atoms with Crippen LogP contribution in [0.3, 0.4) is 0 Å². The van der Waals surface area contributed by atoms with Crippen LogP contribution in [-0.4, -0.2) is 26.0 Å². The first-order valence-electron chi connectivity index (χ1n) is 2.03. The van der Waals surface area contributed by atoms with Crippen LogP contribution in [-0.2, 0) is 9.53 Å². The third kappa shape index (κ3) is 4.05. The molecule has 0 rings (SSSR count). The number of carbonyl (C=O) groups is 1. The highest BCUT2D eigenvalue weighted by atomic mass is 35.5. The van der Waals surface area contributed by atoms with Crippen LogP contribution in [0.1, 0.15) is 0 Å². The van der Waals surface area contributed by atoms with Gasteiger partial charge in [-0.3, -0.25) is 0 Å². The largest absolute Gasteiger partial charge is 0.373 e. The minimum absolute atomic E-state index is 0. The number of nitrogens with two attached hydrogens (primary N) is 1. The van der Waals surface area contributed by atoms with Gasteiger partial charge in [0.2, 0.25) is 0 Å². The molecule has 4 heteroatoms. The van der Waals surface area contributed by atoms with Crippen molar-refractivity contribution in [1.82, 2.24) is 0 Å². The van der Waals surface area contributed by atoms with Crippen LogP contribution in [0.5, 0.6) is 0 Å². The third-order valence-corrected chi connectivity index (χ3v) is 0.687. The first-order chi connectivity index (χ1) is 3.35. The molecular weight excluding hydrogens is 130 g/mol. The molecule has 0 aromatic rings. The van der Waals surface area contributed by atoms with Crippen LogP contribution in [0, 0.1) is 0 Å². The van der Waals surface area contributed by atoms with E-state index in [1.807, 2.05) is 0 Å². The molecule has 0 aliphatic heterocycles. The van der Waals surface area contributed by atoms with Crippen molar-refractivity contribution >= 4 is 18.7 Å². The third-order valence-electron chi connectivity index (χ3n) is 0.687. The van der Waals surface area contributed by atoms with E-state index in [-0.39, 0.29) is 19.0 Å². The minimum atomic E-state index is -0.417. The lowest BCUT2D eigenvalue weighted by Gasteiger charge is -2.00. The Morgan fingerprint density at radius 1 is 1.88 bits per heavy atom. The van der Waals surface area contributed by atoms with E-state index in [0.717, 1.165) is 0 Å². The molecule has 0 aliphatic rings. The highest BCUT2D eigenvalue weighted by Crippen LogP contribution is 1.75. The molecule has 0 saturated carbocycles. The molecule has 0 unspecified atom stereocenters. The maximum Gasteiger partial charge on any atom is 0.150 e. The van der Waals surface area contributed by atoms with Gasteiger partial charge in [-0.1, -0.05) is 0 Å². The smallest absolute Gasteiger partial charge is 0.150 e. The maximum atomic E-state index is 9.76. The van der Waals surface area contributed by atoms with E-state index in [1.54, 1.807) is 0 Å². The lowest BCUT2D eigenvalue weighted by molar-refractivity contribution is -0.115. The van der Waals surface area contributed by atoms with Crippen LogP contribution in [0.25, 0.3) is 0 Å². The van der Waals surface area contributed by atoms with Crippen molar-refractivity contribution in [1.29, 1.82) is 0 Å². The Kier molecular flexibility index (Phi) is 9.28. The number of methoxy groups -OCH3 is 1. The van der Waals surface area contributed by atoms with E-state index < -0.39 is 6.10 Å². The molecule has 0 heterocycles. The number of halogens is 1. The summed E-state index contributed by atoms with van der Waals surface area (Å²) in [5.74, 6) is 0. The molecule has 0 aromatic heterocycles. The zero-order valence-electron chi connectivity index (χ0n) is 4.66. The Morgan fingerprint density at radius 2 is 2.38 bits per heavy atom. The van der Waals surface area contributed by atoms with E-state index >= 15 is 0 Å². The highest BCUT2D eigenvalue weighted by molar-refractivity contribution is 5.85. The molecule has 1 atom stereocenters. The lowest BCUT2D eigenvalue weighted by Crippen LogP contribution is -2.23. The summed E-state index contributed by atoms with van der Waals surface area (Å²) in [6, 6.07) is 0. The summed E-state index contributed by atoms with van der Waals surface area (Å²) >= 11 is 0. The Morgan fingerprint density at radius 3 is 2.38 bits per heavy atom. The van der Waals surface area contributed by atoms with E-state index in [4.69, 9.17) is 5.73 Å². The van der Waals surface area contributed by atoms with Crippen LogP contribution in [0.4, 0.5) is 0 Å². The Hall–Kier alpha value is -0.120. The summed E-state index contributed by atoms with van der Waals surface area (Å²) in [5.41, 5.74) is 5.04. The first-order valence-corrected chi connectivity index (χ1v) is 2.03. The molecule has 0 fully saturated rings. The van der Waals surface area contributed by atoms with Gasteiger partial charge in [0.1, 0.15) is 12.4 Å². The summed E-state index contributed by atoms with van der Waals surface area (Å²) in [6.07, 6.45) is 0.264. The Labute approximate surface area is 54.6 Å².